The molecule has 0 saturated carbocycles. The molecular formula is C22H19FN4O3S. The van der Waals surface area contributed by atoms with Gasteiger partial charge in [0.25, 0.3) is 5.91 Å². The molecule has 31 heavy (non-hydrogen) atoms. The van der Waals surface area contributed by atoms with Gasteiger partial charge >= 0.3 is 0 Å². The maximum absolute atomic E-state index is 13.3. The summed E-state index contributed by atoms with van der Waals surface area (Å²) in [5.74, 6) is -0.389. The van der Waals surface area contributed by atoms with Crippen molar-refractivity contribution in [3.63, 3.8) is 0 Å². The van der Waals surface area contributed by atoms with Gasteiger partial charge in [0.2, 0.25) is 5.91 Å². The molecule has 2 amide bonds. The van der Waals surface area contributed by atoms with E-state index >= 15 is 0 Å². The first-order chi connectivity index (χ1) is 14.9. The first-order valence-electron chi connectivity index (χ1n) is 9.38. The highest BCUT2D eigenvalue weighted by atomic mass is 32.1. The molecule has 2 heterocycles. The zero-order chi connectivity index (χ0) is 22.1. The van der Waals surface area contributed by atoms with Gasteiger partial charge in [-0.1, -0.05) is 0 Å². The van der Waals surface area contributed by atoms with Crippen molar-refractivity contribution in [1.29, 1.82) is 0 Å². The fraction of sp³-hybridized carbons (Fsp3) is 0.136. The first kappa shape index (κ1) is 20.5. The highest BCUT2D eigenvalue weighted by Crippen LogP contribution is 2.33. The van der Waals surface area contributed by atoms with E-state index in [1.807, 2.05) is 6.92 Å². The first-order valence-corrected chi connectivity index (χ1v) is 10.2. The number of thiophene rings is 1. The van der Waals surface area contributed by atoms with Gasteiger partial charge in [-0.3, -0.25) is 9.59 Å². The number of carbonyl (C=O) groups excluding carboxylic acids is 2. The van der Waals surface area contributed by atoms with E-state index < -0.39 is 0 Å². The van der Waals surface area contributed by atoms with Crippen molar-refractivity contribution in [2.24, 2.45) is 0 Å². The summed E-state index contributed by atoms with van der Waals surface area (Å²) in [7, 11) is 1.50. The average Bonchev–Trinajstić information content (AvgIpc) is 3.29. The van der Waals surface area contributed by atoms with E-state index in [9.17, 15) is 14.0 Å². The summed E-state index contributed by atoms with van der Waals surface area (Å²) < 4.78 is 20.3. The highest BCUT2D eigenvalue weighted by molar-refractivity contribution is 7.20. The summed E-state index contributed by atoms with van der Waals surface area (Å²) in [6.45, 7) is 3.27. The third-order valence-corrected chi connectivity index (χ3v) is 5.72. The summed E-state index contributed by atoms with van der Waals surface area (Å²) in [4.78, 5) is 25.6. The van der Waals surface area contributed by atoms with E-state index in [2.05, 4.69) is 15.7 Å². The molecule has 0 spiro atoms. The number of anilines is 2. The molecule has 158 valence electrons. The molecule has 9 heteroatoms. The van der Waals surface area contributed by atoms with Gasteiger partial charge in [0.05, 0.1) is 29.1 Å². The van der Waals surface area contributed by atoms with Crippen LogP contribution >= 0.6 is 11.3 Å². The summed E-state index contributed by atoms with van der Waals surface area (Å²) in [6, 6.07) is 12.8. The number of benzene rings is 2. The molecule has 0 atom stereocenters. The molecule has 0 radical (unpaired) electrons. The molecule has 0 fully saturated rings. The van der Waals surface area contributed by atoms with Crippen LogP contribution in [-0.2, 0) is 4.79 Å². The van der Waals surface area contributed by atoms with Gasteiger partial charge in [0, 0.05) is 18.0 Å². The summed E-state index contributed by atoms with van der Waals surface area (Å²) in [6.07, 6.45) is 0. The number of nitrogens with one attached hydrogen (secondary N) is 2. The Morgan fingerprint density at radius 3 is 2.52 bits per heavy atom. The lowest BCUT2D eigenvalue weighted by Gasteiger charge is -2.12. The fourth-order valence-corrected chi connectivity index (χ4v) is 4.27. The van der Waals surface area contributed by atoms with Crippen LogP contribution in [0, 0.1) is 12.7 Å². The molecule has 0 saturated heterocycles. The van der Waals surface area contributed by atoms with Crippen LogP contribution in [0.5, 0.6) is 5.75 Å². The van der Waals surface area contributed by atoms with Crippen molar-refractivity contribution in [3.8, 4) is 11.4 Å². The standard InChI is InChI=1S/C22H19FN4O3S/c1-12-17-11-20(31-22(17)27(26-12)16-7-4-14(23)5-8-16)21(29)25-18-10-15(24-13(2)28)6-9-19(18)30-3/h4-11H,1-3H3,(H,24,28)(H,25,29). The maximum Gasteiger partial charge on any atom is 0.265 e. The van der Waals surface area contributed by atoms with Gasteiger partial charge in [-0.15, -0.1) is 11.3 Å². The quantitative estimate of drug-likeness (QED) is 0.471. The third-order valence-electron chi connectivity index (χ3n) is 4.61. The number of methoxy groups -OCH3 is 1. The van der Waals surface area contributed by atoms with E-state index in [1.165, 1.54) is 37.5 Å². The number of hydrogen-bond acceptors (Lipinski definition) is 5. The van der Waals surface area contributed by atoms with Crippen LogP contribution in [0.3, 0.4) is 0 Å². The van der Waals surface area contributed by atoms with Crippen LogP contribution in [0.25, 0.3) is 15.9 Å². The molecule has 2 N–H and O–H groups in total. The van der Waals surface area contributed by atoms with E-state index in [-0.39, 0.29) is 17.6 Å². The highest BCUT2D eigenvalue weighted by Gasteiger charge is 2.18. The number of rotatable bonds is 5. The molecule has 4 aromatic rings. The van der Waals surface area contributed by atoms with E-state index in [1.54, 1.807) is 41.1 Å². The topological polar surface area (TPSA) is 85.2 Å². The average molecular weight is 438 g/mol. The predicted octanol–water partition coefficient (Wildman–Crippen LogP) is 4.75. The summed E-state index contributed by atoms with van der Waals surface area (Å²) >= 11 is 1.28. The summed E-state index contributed by atoms with van der Waals surface area (Å²) in [5.41, 5.74) is 2.45. The largest absolute Gasteiger partial charge is 0.495 e. The van der Waals surface area contributed by atoms with Crippen LogP contribution in [0.2, 0.25) is 0 Å². The number of halogens is 1. The molecule has 0 unspecified atom stereocenters. The number of fused-ring (bicyclic) bond motifs is 1. The van der Waals surface area contributed by atoms with Gasteiger partial charge in [-0.05, 0) is 55.5 Å². The lowest BCUT2D eigenvalue weighted by Crippen LogP contribution is -2.12. The van der Waals surface area contributed by atoms with E-state index in [0.29, 0.717) is 27.7 Å². The minimum atomic E-state index is -0.328. The minimum absolute atomic E-state index is 0.215. The molecule has 0 aliphatic heterocycles. The second kappa shape index (κ2) is 8.19. The van der Waals surface area contributed by atoms with Crippen molar-refractivity contribution in [3.05, 3.63) is 64.9 Å². The lowest BCUT2D eigenvalue weighted by atomic mass is 10.2. The van der Waals surface area contributed by atoms with Crippen molar-refractivity contribution < 1.29 is 18.7 Å². The van der Waals surface area contributed by atoms with E-state index in [4.69, 9.17) is 4.74 Å². The Bertz CT molecular complexity index is 1290. The van der Waals surface area contributed by atoms with Gasteiger partial charge in [-0.25, -0.2) is 9.07 Å². The molecular weight excluding hydrogens is 419 g/mol. The molecule has 0 aliphatic rings. The smallest absolute Gasteiger partial charge is 0.265 e. The molecule has 0 bridgehead atoms. The summed E-state index contributed by atoms with van der Waals surface area (Å²) in [5, 5.41) is 10.9. The van der Waals surface area contributed by atoms with Crippen molar-refractivity contribution >= 4 is 44.7 Å². The second-order valence-corrected chi connectivity index (χ2v) is 7.88. The zero-order valence-electron chi connectivity index (χ0n) is 17.0. The van der Waals surface area contributed by atoms with Gasteiger partial charge < -0.3 is 15.4 Å². The van der Waals surface area contributed by atoms with Crippen LogP contribution < -0.4 is 15.4 Å². The maximum atomic E-state index is 13.3. The number of carbonyl (C=O) groups is 2. The molecule has 2 aromatic carbocycles. The van der Waals surface area contributed by atoms with Gasteiger partial charge in [0.15, 0.2) is 0 Å². The van der Waals surface area contributed by atoms with Crippen LogP contribution in [0.15, 0.2) is 48.5 Å². The normalized spacial score (nSPS) is 10.8. The monoisotopic (exact) mass is 438 g/mol. The van der Waals surface area contributed by atoms with E-state index in [0.717, 1.165) is 15.9 Å². The Hall–Kier alpha value is -3.72. The lowest BCUT2D eigenvalue weighted by molar-refractivity contribution is -0.114. The van der Waals surface area contributed by atoms with Crippen molar-refractivity contribution in [1.82, 2.24) is 9.78 Å². The van der Waals surface area contributed by atoms with Gasteiger partial charge in [-0.2, -0.15) is 5.10 Å². The van der Waals surface area contributed by atoms with Crippen LogP contribution in [0.1, 0.15) is 22.3 Å². The molecule has 0 aliphatic carbocycles. The second-order valence-electron chi connectivity index (χ2n) is 6.85. The molecule has 7 nitrogen and oxygen atoms in total. The Balaban J connectivity index is 1.67. The fourth-order valence-electron chi connectivity index (χ4n) is 3.19. The molecule has 4 rings (SSSR count). The Kier molecular flexibility index (Phi) is 5.43. The number of amides is 2. The Morgan fingerprint density at radius 2 is 1.84 bits per heavy atom. The van der Waals surface area contributed by atoms with Crippen molar-refractivity contribution in [2.75, 3.05) is 17.7 Å². The van der Waals surface area contributed by atoms with Gasteiger partial charge in [0.1, 0.15) is 16.4 Å². The Morgan fingerprint density at radius 1 is 1.10 bits per heavy atom. The van der Waals surface area contributed by atoms with Crippen LogP contribution in [-0.4, -0.2) is 28.7 Å². The predicted molar refractivity (Wildman–Crippen MR) is 119 cm³/mol. The number of hydrogen-bond donors (Lipinski definition) is 2. The molecule has 2 aromatic heterocycles. The Labute approximate surface area is 181 Å². The minimum Gasteiger partial charge on any atom is -0.495 e. The zero-order valence-corrected chi connectivity index (χ0v) is 17.8. The third kappa shape index (κ3) is 4.13. The number of aryl methyl sites for hydroxylation is 1. The SMILES string of the molecule is COc1ccc(NC(C)=O)cc1NC(=O)c1cc2c(C)nn(-c3ccc(F)cc3)c2s1. The number of aromatic nitrogens is 2. The number of ether oxygens (including phenoxy) is 1. The van der Waals surface area contributed by atoms with Crippen LogP contribution in [0.4, 0.5) is 15.8 Å². The number of nitrogens with zero attached hydrogens (tertiary/aromatic N) is 2. The van der Waals surface area contributed by atoms with Crippen molar-refractivity contribution in [2.45, 2.75) is 13.8 Å².